The van der Waals surface area contributed by atoms with Gasteiger partial charge in [-0.1, -0.05) is 29.9 Å². The van der Waals surface area contributed by atoms with Gasteiger partial charge in [0.25, 0.3) is 11.8 Å². The lowest BCUT2D eigenvalue weighted by Gasteiger charge is -2.13. The highest BCUT2D eigenvalue weighted by atomic mass is 32.1. The predicted octanol–water partition coefficient (Wildman–Crippen LogP) is 2.38. The zero-order chi connectivity index (χ0) is 19.5. The smallest absolute Gasteiger partial charge is 0.261 e. The van der Waals surface area contributed by atoms with Crippen LogP contribution in [0.25, 0.3) is 4.96 Å². The minimum absolute atomic E-state index is 0.183. The van der Waals surface area contributed by atoms with Crippen molar-refractivity contribution in [2.75, 3.05) is 20.3 Å². The monoisotopic (exact) mass is 399 g/mol. The summed E-state index contributed by atoms with van der Waals surface area (Å²) in [7, 11) is 1.66. The summed E-state index contributed by atoms with van der Waals surface area (Å²) in [6.45, 7) is 1.05. The van der Waals surface area contributed by atoms with Gasteiger partial charge in [0, 0.05) is 26.5 Å². The number of ether oxygens (including phenoxy) is 1. The maximum Gasteiger partial charge on any atom is 0.261 e. The van der Waals surface area contributed by atoms with Crippen molar-refractivity contribution in [1.82, 2.24) is 24.7 Å². The Balaban J connectivity index is 1.25. The lowest BCUT2D eigenvalue weighted by molar-refractivity contribution is 0.0651. The Hall–Kier alpha value is -2.65. The van der Waals surface area contributed by atoms with Crippen LogP contribution in [-0.4, -0.2) is 56.8 Å². The van der Waals surface area contributed by atoms with Gasteiger partial charge in [-0.15, -0.1) is 10.2 Å². The van der Waals surface area contributed by atoms with Gasteiger partial charge >= 0.3 is 0 Å². The van der Waals surface area contributed by atoms with Crippen LogP contribution in [0.4, 0.5) is 0 Å². The van der Waals surface area contributed by atoms with Crippen LogP contribution < -0.4 is 0 Å². The van der Waals surface area contributed by atoms with Gasteiger partial charge < -0.3 is 4.74 Å². The summed E-state index contributed by atoms with van der Waals surface area (Å²) in [5, 5.41) is 13.9. The lowest BCUT2D eigenvalue weighted by atomic mass is 10.1. The molecule has 0 fully saturated rings. The number of imide groups is 1. The lowest BCUT2D eigenvalue weighted by Crippen LogP contribution is -2.30. The first-order valence-electron chi connectivity index (χ1n) is 9.33. The molecule has 1 aromatic carbocycles. The summed E-state index contributed by atoms with van der Waals surface area (Å²) in [6.07, 6.45) is 4.18. The van der Waals surface area contributed by atoms with Gasteiger partial charge in [-0.2, -0.15) is 9.61 Å². The average Bonchev–Trinajstić information content (AvgIpc) is 3.34. The number of unbranched alkanes of at least 4 members (excludes halogenated alkanes) is 2. The highest BCUT2D eigenvalue weighted by Crippen LogP contribution is 2.23. The molecule has 0 unspecified atom stereocenters. The SMILES string of the molecule is COCCc1nnc2sc(CCCCCN3C(=O)c4ccccc4C3=O)nn12. The van der Waals surface area contributed by atoms with E-state index in [1.165, 1.54) is 4.90 Å². The number of hydrogen-bond donors (Lipinski definition) is 0. The zero-order valence-corrected chi connectivity index (χ0v) is 16.4. The second-order valence-corrected chi connectivity index (χ2v) is 7.71. The summed E-state index contributed by atoms with van der Waals surface area (Å²) in [4.78, 5) is 26.8. The van der Waals surface area contributed by atoms with Crippen molar-refractivity contribution in [3.63, 3.8) is 0 Å². The molecule has 146 valence electrons. The van der Waals surface area contributed by atoms with Crippen molar-refractivity contribution in [2.45, 2.75) is 32.1 Å². The molecule has 8 nitrogen and oxygen atoms in total. The van der Waals surface area contributed by atoms with Gasteiger partial charge in [-0.25, -0.2) is 0 Å². The maximum atomic E-state index is 12.3. The van der Waals surface area contributed by atoms with Crippen LogP contribution in [0.3, 0.4) is 0 Å². The second kappa shape index (κ2) is 8.15. The molecule has 28 heavy (non-hydrogen) atoms. The number of carbonyl (C=O) groups excluding carboxylic acids is 2. The molecule has 0 bridgehead atoms. The first kappa shape index (κ1) is 18.7. The molecule has 2 amide bonds. The molecule has 0 N–H and O–H groups in total. The minimum Gasteiger partial charge on any atom is -0.384 e. The van der Waals surface area contributed by atoms with Gasteiger partial charge in [-0.05, 0) is 25.0 Å². The first-order valence-corrected chi connectivity index (χ1v) is 10.1. The molecule has 3 aromatic rings. The third-order valence-electron chi connectivity index (χ3n) is 4.78. The van der Waals surface area contributed by atoms with Gasteiger partial charge in [0.2, 0.25) is 4.96 Å². The molecular formula is C19H21N5O3S. The van der Waals surface area contributed by atoms with Crippen molar-refractivity contribution in [1.29, 1.82) is 0 Å². The predicted molar refractivity (Wildman–Crippen MR) is 104 cm³/mol. The third kappa shape index (κ3) is 3.55. The number of aromatic nitrogens is 4. The largest absolute Gasteiger partial charge is 0.384 e. The van der Waals surface area contributed by atoms with Crippen molar-refractivity contribution in [2.24, 2.45) is 0 Å². The van der Waals surface area contributed by atoms with E-state index in [1.807, 2.05) is 0 Å². The van der Waals surface area contributed by atoms with E-state index in [-0.39, 0.29) is 11.8 Å². The molecule has 4 rings (SSSR count). The second-order valence-electron chi connectivity index (χ2n) is 6.67. The van der Waals surface area contributed by atoms with E-state index in [1.54, 1.807) is 47.2 Å². The Morgan fingerprint density at radius 2 is 1.75 bits per heavy atom. The van der Waals surface area contributed by atoms with Crippen LogP contribution in [0.5, 0.6) is 0 Å². The summed E-state index contributed by atoms with van der Waals surface area (Å²) >= 11 is 1.55. The Kier molecular flexibility index (Phi) is 5.45. The number of nitrogens with zero attached hydrogens (tertiary/aromatic N) is 5. The Labute approximate surface area is 166 Å². The topological polar surface area (TPSA) is 89.7 Å². The van der Waals surface area contributed by atoms with Crippen molar-refractivity contribution in [3.05, 3.63) is 46.2 Å². The van der Waals surface area contributed by atoms with E-state index in [4.69, 9.17) is 4.74 Å². The number of aryl methyl sites for hydroxylation is 1. The summed E-state index contributed by atoms with van der Waals surface area (Å²) in [5.74, 6) is 0.445. The molecule has 2 aromatic heterocycles. The number of methoxy groups -OCH3 is 1. The number of amides is 2. The third-order valence-corrected chi connectivity index (χ3v) is 5.74. The summed E-state index contributed by atoms with van der Waals surface area (Å²) < 4.78 is 6.87. The highest BCUT2D eigenvalue weighted by Gasteiger charge is 2.34. The van der Waals surface area contributed by atoms with E-state index in [2.05, 4.69) is 15.3 Å². The zero-order valence-electron chi connectivity index (χ0n) is 15.6. The fourth-order valence-corrected chi connectivity index (χ4v) is 4.21. The molecule has 9 heteroatoms. The number of benzene rings is 1. The van der Waals surface area contributed by atoms with Gasteiger partial charge in [-0.3, -0.25) is 14.5 Å². The molecule has 0 saturated carbocycles. The van der Waals surface area contributed by atoms with Crippen molar-refractivity contribution < 1.29 is 14.3 Å². The van der Waals surface area contributed by atoms with E-state index in [0.717, 1.165) is 41.5 Å². The molecule has 0 saturated heterocycles. The van der Waals surface area contributed by atoms with Gasteiger partial charge in [0.15, 0.2) is 5.82 Å². The van der Waals surface area contributed by atoms with E-state index in [9.17, 15) is 9.59 Å². The fraction of sp³-hybridized carbons (Fsp3) is 0.421. The van der Waals surface area contributed by atoms with Crippen LogP contribution in [0, 0.1) is 0 Å². The molecule has 0 spiro atoms. The Bertz CT molecular complexity index is 977. The summed E-state index contributed by atoms with van der Waals surface area (Å²) in [5.41, 5.74) is 1.02. The molecule has 0 atom stereocenters. The van der Waals surface area contributed by atoms with Crippen LogP contribution in [0.15, 0.2) is 24.3 Å². The molecule has 0 aliphatic carbocycles. The molecule has 1 aliphatic rings. The quantitative estimate of drug-likeness (QED) is 0.405. The minimum atomic E-state index is -0.183. The van der Waals surface area contributed by atoms with Crippen LogP contribution in [0.2, 0.25) is 0 Å². The Morgan fingerprint density at radius 1 is 1.00 bits per heavy atom. The summed E-state index contributed by atoms with van der Waals surface area (Å²) in [6, 6.07) is 7.00. The number of carbonyl (C=O) groups is 2. The average molecular weight is 399 g/mol. The molecule has 0 radical (unpaired) electrons. The van der Waals surface area contributed by atoms with Crippen LogP contribution >= 0.6 is 11.3 Å². The highest BCUT2D eigenvalue weighted by molar-refractivity contribution is 7.16. The van der Waals surface area contributed by atoms with Crippen LogP contribution in [0.1, 0.15) is 50.8 Å². The normalized spacial score (nSPS) is 13.7. The van der Waals surface area contributed by atoms with Gasteiger partial charge in [0.05, 0.1) is 17.7 Å². The molecule has 1 aliphatic heterocycles. The van der Waals surface area contributed by atoms with Crippen LogP contribution in [-0.2, 0) is 17.6 Å². The molecule has 3 heterocycles. The number of hydrogen-bond acceptors (Lipinski definition) is 7. The first-order chi connectivity index (χ1) is 13.7. The van der Waals surface area contributed by atoms with E-state index < -0.39 is 0 Å². The van der Waals surface area contributed by atoms with Crippen molar-refractivity contribution in [3.8, 4) is 0 Å². The van der Waals surface area contributed by atoms with E-state index in [0.29, 0.717) is 30.7 Å². The molecular weight excluding hydrogens is 378 g/mol. The maximum absolute atomic E-state index is 12.3. The number of rotatable bonds is 9. The standard InChI is InChI=1S/C19H21N5O3S/c1-27-12-10-15-20-21-19-24(15)22-16(28-19)9-3-2-6-11-23-17(25)13-7-4-5-8-14(13)18(23)26/h4-5,7-8H,2-3,6,9-12H2,1H3. The Morgan fingerprint density at radius 3 is 2.46 bits per heavy atom. The van der Waals surface area contributed by atoms with Gasteiger partial charge in [0.1, 0.15) is 5.01 Å². The fourth-order valence-electron chi connectivity index (χ4n) is 3.31. The number of fused-ring (bicyclic) bond motifs is 2. The van der Waals surface area contributed by atoms with Crippen molar-refractivity contribution >= 4 is 28.1 Å². The van der Waals surface area contributed by atoms with E-state index >= 15 is 0 Å².